The van der Waals surface area contributed by atoms with Crippen molar-refractivity contribution in [3.05, 3.63) is 0 Å². The van der Waals surface area contributed by atoms with Gasteiger partial charge in [-0.05, 0) is 6.42 Å². The van der Waals surface area contributed by atoms with Crippen LogP contribution in [0.4, 0.5) is 4.79 Å². The van der Waals surface area contributed by atoms with Gasteiger partial charge in [-0.1, -0.05) is 13.8 Å². The second-order valence-electron chi connectivity index (χ2n) is 4.38. The van der Waals surface area contributed by atoms with Gasteiger partial charge in [0.05, 0.1) is 0 Å². The quantitative estimate of drug-likeness (QED) is 0.727. The zero-order valence-electron chi connectivity index (χ0n) is 9.58. The highest BCUT2D eigenvalue weighted by Crippen LogP contribution is 2.17. The number of nitrogens with zero attached hydrogens (tertiary/aromatic N) is 2. The number of carbonyl (C=O) groups is 1. The Kier molecular flexibility index (Phi) is 3.75. The summed E-state index contributed by atoms with van der Waals surface area (Å²) in [6.45, 7) is 6.06. The summed E-state index contributed by atoms with van der Waals surface area (Å²) >= 11 is 0. The molecule has 1 saturated heterocycles. The molecule has 1 unspecified atom stereocenters. The van der Waals surface area contributed by atoms with Crippen molar-refractivity contribution < 1.29 is 4.79 Å². The highest BCUT2D eigenvalue weighted by atomic mass is 16.2. The smallest absolute Gasteiger partial charge is 0.319 e. The maximum Gasteiger partial charge on any atom is 0.319 e. The first-order valence-corrected chi connectivity index (χ1v) is 5.23. The lowest BCUT2D eigenvalue weighted by Gasteiger charge is -2.42. The van der Waals surface area contributed by atoms with Crippen molar-refractivity contribution in [2.45, 2.75) is 32.4 Å². The normalized spacial score (nSPS) is 20.9. The van der Waals surface area contributed by atoms with E-state index in [-0.39, 0.29) is 6.03 Å². The molecule has 1 aliphatic heterocycles. The molecule has 0 spiro atoms. The third-order valence-electron chi connectivity index (χ3n) is 2.53. The summed E-state index contributed by atoms with van der Waals surface area (Å²) in [5.41, 5.74) is 0. The Morgan fingerprint density at radius 2 is 2.21 bits per heavy atom. The molecule has 0 bridgehead atoms. The molecular weight excluding hydrogens is 178 g/mol. The van der Waals surface area contributed by atoms with Crippen LogP contribution in [0.15, 0.2) is 0 Å². The molecule has 14 heavy (non-hydrogen) atoms. The van der Waals surface area contributed by atoms with E-state index >= 15 is 0 Å². The van der Waals surface area contributed by atoms with E-state index in [1.165, 1.54) is 0 Å². The van der Waals surface area contributed by atoms with Crippen molar-refractivity contribution in [2.75, 3.05) is 27.2 Å². The molecule has 4 heteroatoms. The van der Waals surface area contributed by atoms with E-state index < -0.39 is 0 Å². The summed E-state index contributed by atoms with van der Waals surface area (Å²) < 4.78 is 0. The largest absolute Gasteiger partial charge is 0.331 e. The highest BCUT2D eigenvalue weighted by molar-refractivity contribution is 5.75. The van der Waals surface area contributed by atoms with Crippen LogP contribution in [-0.4, -0.2) is 55.1 Å². The summed E-state index contributed by atoms with van der Waals surface area (Å²) in [5, 5.41) is 3.36. The Hall–Kier alpha value is -0.770. The number of amides is 2. The number of urea groups is 1. The van der Waals surface area contributed by atoms with E-state index in [0.717, 1.165) is 19.5 Å². The summed E-state index contributed by atoms with van der Waals surface area (Å²) in [7, 11) is 3.60. The number of likely N-dealkylation sites (tertiary alicyclic amines) is 1. The summed E-state index contributed by atoms with van der Waals surface area (Å²) in [5.74, 6) is 0. The van der Waals surface area contributed by atoms with Crippen molar-refractivity contribution in [3.8, 4) is 0 Å². The van der Waals surface area contributed by atoms with Crippen LogP contribution >= 0.6 is 0 Å². The van der Waals surface area contributed by atoms with Crippen LogP contribution in [0, 0.1) is 0 Å². The molecule has 0 aliphatic carbocycles. The summed E-state index contributed by atoms with van der Waals surface area (Å²) in [4.78, 5) is 15.2. The van der Waals surface area contributed by atoms with Gasteiger partial charge in [0.25, 0.3) is 0 Å². The first-order valence-electron chi connectivity index (χ1n) is 5.23. The fraction of sp³-hybridized carbons (Fsp3) is 0.900. The van der Waals surface area contributed by atoms with E-state index in [1.807, 2.05) is 4.90 Å². The summed E-state index contributed by atoms with van der Waals surface area (Å²) in [6.07, 6.45) is 1.12. The van der Waals surface area contributed by atoms with Gasteiger partial charge in [-0.15, -0.1) is 0 Å². The molecule has 1 atom stereocenters. The van der Waals surface area contributed by atoms with Crippen molar-refractivity contribution in [1.29, 1.82) is 0 Å². The topological polar surface area (TPSA) is 35.6 Å². The fourth-order valence-electron chi connectivity index (χ4n) is 1.53. The molecule has 0 saturated carbocycles. The molecule has 1 fully saturated rings. The third-order valence-corrected chi connectivity index (χ3v) is 2.53. The minimum Gasteiger partial charge on any atom is -0.331 e. The number of nitrogens with one attached hydrogen (secondary N) is 1. The average Bonchev–Trinajstić information content (AvgIpc) is 2.01. The standard InChI is InChI=1S/C10H21N3O/c1-8(2)11-7-9-5-6-13(9)10(14)12(3)4/h8-9,11H,5-7H2,1-4H3. The average molecular weight is 199 g/mol. The highest BCUT2D eigenvalue weighted by Gasteiger charge is 2.32. The van der Waals surface area contributed by atoms with Crippen LogP contribution in [0.1, 0.15) is 20.3 Å². The number of hydrogen-bond acceptors (Lipinski definition) is 2. The third kappa shape index (κ3) is 2.61. The zero-order valence-corrected chi connectivity index (χ0v) is 9.58. The van der Waals surface area contributed by atoms with Gasteiger partial charge in [-0.2, -0.15) is 0 Å². The molecule has 82 valence electrons. The van der Waals surface area contributed by atoms with Gasteiger partial charge in [0.1, 0.15) is 0 Å². The molecule has 1 heterocycles. The lowest BCUT2D eigenvalue weighted by Crippen LogP contribution is -2.58. The molecule has 1 rings (SSSR count). The van der Waals surface area contributed by atoms with Gasteiger partial charge in [0, 0.05) is 39.3 Å². The van der Waals surface area contributed by atoms with E-state index in [4.69, 9.17) is 0 Å². The maximum absolute atomic E-state index is 11.6. The molecule has 4 nitrogen and oxygen atoms in total. The van der Waals surface area contributed by atoms with Crippen LogP contribution in [0.3, 0.4) is 0 Å². The molecular formula is C10H21N3O. The zero-order chi connectivity index (χ0) is 10.7. The van der Waals surface area contributed by atoms with Crippen LogP contribution in [0.25, 0.3) is 0 Å². The second-order valence-corrected chi connectivity index (χ2v) is 4.38. The molecule has 0 radical (unpaired) electrons. The van der Waals surface area contributed by atoms with Gasteiger partial charge in [0.15, 0.2) is 0 Å². The van der Waals surface area contributed by atoms with Crippen molar-refractivity contribution >= 4 is 6.03 Å². The van der Waals surface area contributed by atoms with E-state index in [1.54, 1.807) is 19.0 Å². The minimum absolute atomic E-state index is 0.131. The predicted molar refractivity (Wildman–Crippen MR) is 57.3 cm³/mol. The van der Waals surface area contributed by atoms with Gasteiger partial charge >= 0.3 is 6.03 Å². The molecule has 2 amide bonds. The van der Waals surface area contributed by atoms with Gasteiger partial charge in [0.2, 0.25) is 0 Å². The lowest BCUT2D eigenvalue weighted by atomic mass is 10.0. The molecule has 1 N–H and O–H groups in total. The first kappa shape index (κ1) is 11.3. The Labute approximate surface area is 86.2 Å². The Bertz CT molecular complexity index is 204. The van der Waals surface area contributed by atoms with Gasteiger partial charge in [-0.25, -0.2) is 4.79 Å². The Morgan fingerprint density at radius 3 is 2.57 bits per heavy atom. The Balaban J connectivity index is 2.31. The molecule has 0 aromatic heterocycles. The van der Waals surface area contributed by atoms with Crippen molar-refractivity contribution in [3.63, 3.8) is 0 Å². The number of hydrogen-bond donors (Lipinski definition) is 1. The van der Waals surface area contributed by atoms with Crippen molar-refractivity contribution in [1.82, 2.24) is 15.1 Å². The number of rotatable bonds is 3. The predicted octanol–water partition coefficient (Wildman–Crippen LogP) is 0.740. The summed E-state index contributed by atoms with van der Waals surface area (Å²) in [6, 6.07) is 1.02. The van der Waals surface area contributed by atoms with Crippen LogP contribution in [0.5, 0.6) is 0 Å². The maximum atomic E-state index is 11.6. The second kappa shape index (κ2) is 4.64. The number of carbonyl (C=O) groups excluding carboxylic acids is 1. The van der Waals surface area contributed by atoms with Gasteiger partial charge < -0.3 is 15.1 Å². The molecule has 0 aromatic rings. The van der Waals surface area contributed by atoms with E-state index in [9.17, 15) is 4.79 Å². The SMILES string of the molecule is CC(C)NCC1CCN1C(=O)N(C)C. The van der Waals surface area contributed by atoms with E-state index in [0.29, 0.717) is 12.1 Å². The van der Waals surface area contributed by atoms with Crippen LogP contribution in [0.2, 0.25) is 0 Å². The first-order chi connectivity index (χ1) is 6.52. The molecule has 1 aliphatic rings. The van der Waals surface area contributed by atoms with Crippen LogP contribution < -0.4 is 5.32 Å². The monoisotopic (exact) mass is 199 g/mol. The van der Waals surface area contributed by atoms with Gasteiger partial charge in [-0.3, -0.25) is 0 Å². The fourth-order valence-corrected chi connectivity index (χ4v) is 1.53. The van der Waals surface area contributed by atoms with E-state index in [2.05, 4.69) is 19.2 Å². The minimum atomic E-state index is 0.131. The molecule has 0 aromatic carbocycles. The van der Waals surface area contributed by atoms with Crippen molar-refractivity contribution in [2.24, 2.45) is 0 Å². The Morgan fingerprint density at radius 1 is 1.57 bits per heavy atom. The van der Waals surface area contributed by atoms with Crippen LogP contribution in [-0.2, 0) is 0 Å². The lowest BCUT2D eigenvalue weighted by molar-refractivity contribution is 0.0936.